The first-order chi connectivity index (χ1) is 14.6. The van der Waals surface area contributed by atoms with Gasteiger partial charge in [-0.15, -0.1) is 11.3 Å². The molecule has 31 heavy (non-hydrogen) atoms. The molecule has 0 fully saturated rings. The van der Waals surface area contributed by atoms with E-state index in [0.717, 1.165) is 17.2 Å². The lowest BCUT2D eigenvalue weighted by atomic mass is 9.93. The highest BCUT2D eigenvalue weighted by Crippen LogP contribution is 2.39. The van der Waals surface area contributed by atoms with Crippen molar-refractivity contribution in [2.24, 2.45) is 5.41 Å². The number of hydrogen-bond donors (Lipinski definition) is 3. The fraction of sp³-hybridized carbons (Fsp3) is 0.261. The van der Waals surface area contributed by atoms with Crippen LogP contribution < -0.4 is 10.3 Å². The van der Waals surface area contributed by atoms with Crippen LogP contribution in [-0.2, 0) is 10.0 Å². The third-order valence-electron chi connectivity index (χ3n) is 5.19. The molecule has 0 amide bonds. The zero-order valence-electron chi connectivity index (χ0n) is 17.5. The fourth-order valence-corrected chi connectivity index (χ4v) is 5.40. The van der Waals surface area contributed by atoms with Gasteiger partial charge in [0.1, 0.15) is 10.4 Å². The Bertz CT molecular complexity index is 1430. The second-order valence-corrected chi connectivity index (χ2v) is 11.4. The molecule has 8 heteroatoms. The number of aromatic nitrogens is 1. The molecule has 0 atom stereocenters. The molecule has 0 saturated carbocycles. The van der Waals surface area contributed by atoms with Gasteiger partial charge in [-0.05, 0) is 53.1 Å². The normalized spacial score (nSPS) is 12.6. The van der Waals surface area contributed by atoms with Crippen LogP contribution in [0.2, 0.25) is 0 Å². The van der Waals surface area contributed by atoms with Gasteiger partial charge in [-0.25, -0.2) is 13.1 Å². The van der Waals surface area contributed by atoms with Gasteiger partial charge in [0.05, 0.1) is 4.90 Å². The molecule has 0 spiro atoms. The third kappa shape index (κ3) is 4.23. The van der Waals surface area contributed by atoms with Gasteiger partial charge in [-0.2, -0.15) is 0 Å². The Morgan fingerprint density at radius 3 is 2.45 bits per heavy atom. The van der Waals surface area contributed by atoms with Crippen LogP contribution in [0.1, 0.15) is 27.2 Å². The minimum atomic E-state index is -3.62. The Kier molecular flexibility index (Phi) is 5.41. The summed E-state index contributed by atoms with van der Waals surface area (Å²) in [6, 6.07) is 11.5. The number of H-pyrrole nitrogens is 1. The lowest BCUT2D eigenvalue weighted by Gasteiger charge is -2.18. The second-order valence-electron chi connectivity index (χ2n) is 8.73. The van der Waals surface area contributed by atoms with Crippen molar-refractivity contribution in [1.29, 1.82) is 0 Å². The smallest absolute Gasteiger partial charge is 0.266 e. The number of phenols is 1. The van der Waals surface area contributed by atoms with Crippen LogP contribution in [0.3, 0.4) is 0 Å². The molecule has 0 saturated heterocycles. The Morgan fingerprint density at radius 2 is 1.77 bits per heavy atom. The fourth-order valence-electron chi connectivity index (χ4n) is 3.57. The van der Waals surface area contributed by atoms with E-state index in [4.69, 9.17) is 0 Å². The van der Waals surface area contributed by atoms with Crippen LogP contribution in [0.5, 0.6) is 5.75 Å². The van der Waals surface area contributed by atoms with Crippen molar-refractivity contribution in [3.8, 4) is 16.9 Å². The van der Waals surface area contributed by atoms with Gasteiger partial charge < -0.3 is 10.1 Å². The summed E-state index contributed by atoms with van der Waals surface area (Å²) in [6.07, 6.45) is 0.725. The van der Waals surface area contributed by atoms with Crippen LogP contribution in [-0.4, -0.2) is 25.1 Å². The zero-order valence-corrected chi connectivity index (χ0v) is 19.2. The number of hydrogen-bond acceptors (Lipinski definition) is 5. The molecule has 2 heterocycles. The molecule has 0 unspecified atom stereocenters. The molecule has 0 aliphatic rings. The quantitative estimate of drug-likeness (QED) is 0.400. The molecule has 0 aliphatic heterocycles. The van der Waals surface area contributed by atoms with Crippen LogP contribution in [0.15, 0.2) is 57.5 Å². The Hall–Kier alpha value is -2.68. The summed E-state index contributed by atoms with van der Waals surface area (Å²) in [5.41, 5.74) is 1.70. The van der Waals surface area contributed by atoms with Crippen molar-refractivity contribution in [1.82, 2.24) is 9.71 Å². The number of pyridine rings is 1. The number of thiophene rings is 1. The molecule has 3 N–H and O–H groups in total. The summed E-state index contributed by atoms with van der Waals surface area (Å²) >= 11 is 1.34. The van der Waals surface area contributed by atoms with E-state index in [2.05, 4.69) is 30.5 Å². The maximum absolute atomic E-state index is 12.6. The molecule has 2 aromatic heterocycles. The molecule has 0 radical (unpaired) electrons. The minimum Gasteiger partial charge on any atom is -0.507 e. The number of benzene rings is 2. The van der Waals surface area contributed by atoms with Crippen molar-refractivity contribution < 1.29 is 13.5 Å². The highest BCUT2D eigenvalue weighted by molar-refractivity contribution is 7.89. The second kappa shape index (κ2) is 7.78. The molecule has 162 valence electrons. The van der Waals surface area contributed by atoms with Gasteiger partial charge in [-0.3, -0.25) is 4.79 Å². The molecule has 4 aromatic rings. The minimum absolute atomic E-state index is 0.0340. The lowest BCUT2D eigenvalue weighted by Crippen LogP contribution is -2.27. The van der Waals surface area contributed by atoms with Gasteiger partial charge in [0.15, 0.2) is 0 Å². The molecule has 6 nitrogen and oxygen atoms in total. The van der Waals surface area contributed by atoms with Crippen molar-refractivity contribution >= 4 is 42.3 Å². The van der Waals surface area contributed by atoms with Crippen LogP contribution in [0.25, 0.3) is 32.1 Å². The summed E-state index contributed by atoms with van der Waals surface area (Å²) in [5, 5.41) is 14.0. The molecule has 4 rings (SSSR count). The lowest BCUT2D eigenvalue weighted by molar-refractivity contribution is 0.378. The Morgan fingerprint density at radius 1 is 1.06 bits per heavy atom. The first kappa shape index (κ1) is 21.5. The van der Waals surface area contributed by atoms with E-state index in [1.807, 2.05) is 11.4 Å². The van der Waals surface area contributed by atoms with Crippen LogP contribution in [0.4, 0.5) is 0 Å². The van der Waals surface area contributed by atoms with Crippen molar-refractivity contribution in [2.75, 3.05) is 6.54 Å². The summed E-state index contributed by atoms with van der Waals surface area (Å²) in [7, 11) is -3.62. The van der Waals surface area contributed by atoms with E-state index in [9.17, 15) is 18.3 Å². The van der Waals surface area contributed by atoms with E-state index in [1.54, 1.807) is 18.2 Å². The number of rotatable bonds is 5. The number of phenolic OH excluding ortho intramolecular Hbond substituents is 1. The van der Waals surface area contributed by atoms with Crippen molar-refractivity contribution in [3.05, 3.63) is 58.2 Å². The van der Waals surface area contributed by atoms with Crippen molar-refractivity contribution in [3.63, 3.8) is 0 Å². The van der Waals surface area contributed by atoms with Gasteiger partial charge >= 0.3 is 0 Å². The summed E-state index contributed by atoms with van der Waals surface area (Å²) in [4.78, 5) is 15.3. The Balaban J connectivity index is 1.76. The predicted molar refractivity (Wildman–Crippen MR) is 126 cm³/mol. The number of fused-ring (bicyclic) bond motifs is 3. The monoisotopic (exact) mass is 456 g/mol. The van der Waals surface area contributed by atoms with E-state index in [1.165, 1.54) is 29.5 Å². The average molecular weight is 457 g/mol. The van der Waals surface area contributed by atoms with Gasteiger partial charge in [0.25, 0.3) is 5.56 Å². The SMILES string of the molecule is CC(C)(C)CCNS(=O)(=O)c1ccc(-c2c(O)ccc3[nH]c(=O)c4sccc4c23)cc1. The van der Waals surface area contributed by atoms with E-state index in [-0.39, 0.29) is 21.6 Å². The molecular formula is C23H24N2O4S2. The van der Waals surface area contributed by atoms with E-state index < -0.39 is 10.0 Å². The molecular weight excluding hydrogens is 432 g/mol. The standard InChI is InChI=1S/C23H24N2O4S2/c1-23(2,3)11-12-24-31(28,29)15-6-4-14(5-7-15)19-18(26)9-8-17-20(19)16-10-13-30-21(16)22(27)25-17/h4-10,13,24,26H,11-12H2,1-3H3,(H,25,27). The molecule has 0 bridgehead atoms. The summed E-state index contributed by atoms with van der Waals surface area (Å²) in [5.74, 6) is 0.0611. The molecule has 2 aromatic carbocycles. The summed E-state index contributed by atoms with van der Waals surface area (Å²) in [6.45, 7) is 6.54. The Labute approximate surface area is 184 Å². The zero-order chi connectivity index (χ0) is 22.4. The first-order valence-electron chi connectivity index (χ1n) is 9.92. The van der Waals surface area contributed by atoms with Gasteiger partial charge in [-0.1, -0.05) is 32.9 Å². The highest BCUT2D eigenvalue weighted by atomic mass is 32.2. The maximum atomic E-state index is 12.6. The van der Waals surface area contributed by atoms with Crippen LogP contribution in [0, 0.1) is 5.41 Å². The highest BCUT2D eigenvalue weighted by Gasteiger charge is 2.19. The number of nitrogens with one attached hydrogen (secondary N) is 2. The van der Waals surface area contributed by atoms with Gasteiger partial charge in [0.2, 0.25) is 10.0 Å². The predicted octanol–water partition coefficient (Wildman–Crippen LogP) is 4.83. The largest absolute Gasteiger partial charge is 0.507 e. The molecule has 0 aliphatic carbocycles. The first-order valence-corrected chi connectivity index (χ1v) is 12.3. The van der Waals surface area contributed by atoms with Crippen molar-refractivity contribution in [2.45, 2.75) is 32.1 Å². The van der Waals surface area contributed by atoms with Gasteiger partial charge in [0, 0.05) is 28.4 Å². The average Bonchev–Trinajstić information content (AvgIpc) is 3.18. The summed E-state index contributed by atoms with van der Waals surface area (Å²) < 4.78 is 28.5. The van der Waals surface area contributed by atoms with E-state index in [0.29, 0.717) is 27.9 Å². The maximum Gasteiger partial charge on any atom is 0.266 e. The van der Waals surface area contributed by atoms with E-state index >= 15 is 0 Å². The van der Waals surface area contributed by atoms with Crippen LogP contribution >= 0.6 is 11.3 Å². The number of sulfonamides is 1. The number of aromatic amines is 1. The number of aromatic hydroxyl groups is 1. The third-order valence-corrected chi connectivity index (χ3v) is 7.58. The topological polar surface area (TPSA) is 99.3 Å².